The number of aliphatic carboxylic acids is 4. The Labute approximate surface area is 404 Å². The number of carbonyl (C=O) groups is 12. The van der Waals surface area contributed by atoms with Crippen molar-refractivity contribution in [2.24, 2.45) is 44.4 Å². The molecule has 0 aromatic carbocycles. The highest BCUT2D eigenvalue weighted by Crippen LogP contribution is 2.10. The lowest BCUT2D eigenvalue weighted by atomic mass is 10.0. The van der Waals surface area contributed by atoms with Gasteiger partial charge in [0.2, 0.25) is 47.3 Å². The van der Waals surface area contributed by atoms with E-state index in [4.69, 9.17) is 44.6 Å². The molecule has 0 unspecified atom stereocenters. The van der Waals surface area contributed by atoms with Crippen molar-refractivity contribution in [1.82, 2.24) is 37.2 Å². The van der Waals surface area contributed by atoms with Gasteiger partial charge in [0.15, 0.2) is 11.9 Å². The molecule has 8 atom stereocenters. The molecule has 0 aromatic rings. The molecule has 0 rings (SSSR count). The van der Waals surface area contributed by atoms with Crippen LogP contribution in [0.15, 0.2) is 9.98 Å². The fourth-order valence-electron chi connectivity index (χ4n) is 5.84. The fraction of sp³-hybridized carbons (Fsp3) is 0.632. The van der Waals surface area contributed by atoms with Gasteiger partial charge in [0.1, 0.15) is 42.3 Å². The van der Waals surface area contributed by atoms with Crippen molar-refractivity contribution in [2.45, 2.75) is 126 Å². The van der Waals surface area contributed by atoms with Crippen molar-refractivity contribution in [3.05, 3.63) is 0 Å². The van der Waals surface area contributed by atoms with Crippen LogP contribution < -0.4 is 71.6 Å². The summed E-state index contributed by atoms with van der Waals surface area (Å²) in [4.78, 5) is 159. The summed E-state index contributed by atoms with van der Waals surface area (Å²) in [6, 6.07) is -12.8. The normalized spacial score (nSPS) is 14.1. The number of carboxylic acids is 4. The van der Waals surface area contributed by atoms with Crippen LogP contribution in [0.3, 0.4) is 0 Å². The van der Waals surface area contributed by atoms with Gasteiger partial charge >= 0.3 is 23.9 Å². The van der Waals surface area contributed by atoms with Crippen molar-refractivity contribution in [3.8, 4) is 0 Å². The zero-order valence-corrected chi connectivity index (χ0v) is 39.3. The number of amides is 8. The number of rotatable bonds is 36. The molecule has 0 spiro atoms. The fourth-order valence-corrected chi connectivity index (χ4v) is 6.31. The number of nitrogens with zero attached hydrogens (tertiary/aromatic N) is 2. The Morgan fingerprint density at radius 3 is 1.21 bits per heavy atom. The van der Waals surface area contributed by atoms with E-state index in [-0.39, 0.29) is 62.9 Å². The summed E-state index contributed by atoms with van der Waals surface area (Å²) in [6.45, 7) is 1.02. The predicted octanol–water partition coefficient (Wildman–Crippen LogP) is -7.25. The number of primary amides is 1. The van der Waals surface area contributed by atoms with E-state index in [1.165, 1.54) is 11.8 Å². The van der Waals surface area contributed by atoms with Gasteiger partial charge in [-0.2, -0.15) is 11.8 Å². The summed E-state index contributed by atoms with van der Waals surface area (Å²) in [5.74, 6) is -14.8. The van der Waals surface area contributed by atoms with Crippen LogP contribution >= 0.6 is 11.8 Å². The van der Waals surface area contributed by atoms with Gasteiger partial charge in [-0.25, -0.2) is 4.79 Å². The van der Waals surface area contributed by atoms with Crippen LogP contribution in [0.2, 0.25) is 0 Å². The highest BCUT2D eigenvalue weighted by molar-refractivity contribution is 7.98. The van der Waals surface area contributed by atoms with Gasteiger partial charge in [-0.15, -0.1) is 0 Å². The summed E-state index contributed by atoms with van der Waals surface area (Å²) in [5, 5.41) is 52.8. The average molecular weight is 1020 g/mol. The van der Waals surface area contributed by atoms with Crippen LogP contribution in [0.1, 0.15) is 77.6 Å². The molecule has 32 heteroatoms. The van der Waals surface area contributed by atoms with Gasteiger partial charge in [-0.05, 0) is 63.9 Å². The summed E-state index contributed by atoms with van der Waals surface area (Å²) < 4.78 is 0. The lowest BCUT2D eigenvalue weighted by molar-refractivity contribution is -0.147. The maximum absolute atomic E-state index is 14.0. The molecule has 0 aliphatic rings. The minimum absolute atomic E-state index is 0.0117. The SMILES string of the molecule is CSCC[C@H](NC(=O)[C@H](CCC(=O)O)NC(=O)[C@@H](N)CC(=O)O)C(=O)N[C@@H](CCC(N)=O)C(=O)N[C@@H](CCCN=C(N)N)C(=O)N[C@@H](CCCN=C(N)N)C(=O)N[C@@H](C)C(=O)N[C@@H](CC(=O)O)C(=O)O. The molecule has 0 fully saturated rings. The van der Waals surface area contributed by atoms with E-state index in [0.717, 1.165) is 6.92 Å². The maximum atomic E-state index is 14.0. The minimum atomic E-state index is -1.86. The average Bonchev–Trinajstić information content (AvgIpc) is 3.25. The zero-order valence-electron chi connectivity index (χ0n) is 38.5. The van der Waals surface area contributed by atoms with E-state index in [1.54, 1.807) is 6.26 Å². The predicted molar refractivity (Wildman–Crippen MR) is 247 cm³/mol. The minimum Gasteiger partial charge on any atom is -0.481 e. The first-order valence-electron chi connectivity index (χ1n) is 21.3. The highest BCUT2D eigenvalue weighted by Gasteiger charge is 2.34. The number of carbonyl (C=O) groups excluding carboxylic acids is 8. The first-order valence-corrected chi connectivity index (χ1v) is 22.7. The molecule has 0 radical (unpaired) electrons. The molecular weight excluding hydrogens is 955 g/mol. The lowest BCUT2D eigenvalue weighted by Gasteiger charge is -2.27. The van der Waals surface area contributed by atoms with Crippen LogP contribution in [0.5, 0.6) is 0 Å². The Morgan fingerprint density at radius 1 is 0.471 bits per heavy atom. The van der Waals surface area contributed by atoms with Crippen LogP contribution in [0, 0.1) is 0 Å². The molecular formula is C38H65N15O16S. The number of nitrogens with two attached hydrogens (primary N) is 6. The number of nitrogens with one attached hydrogen (secondary N) is 7. The molecule has 0 saturated carbocycles. The molecule has 70 heavy (non-hydrogen) atoms. The molecule has 0 aliphatic heterocycles. The van der Waals surface area contributed by atoms with E-state index < -0.39 is 158 Å². The van der Waals surface area contributed by atoms with E-state index in [2.05, 4.69) is 41.9 Å². The Bertz CT molecular complexity index is 1930. The standard InChI is InChI=1S/C38H65N15O16S/c1-17(29(61)53-24(36(68)69)16-28(59)60)47-31(63)19(5-3-12-45-37(41)42)49-32(64)20(6-4-13-46-38(43)44)50-33(65)21(7-9-25(40)54)51-35(67)23(11-14-70-2)52-34(66)22(8-10-26(55)56)48-30(62)18(39)15-27(57)58/h17-24H,3-16,39H2,1-2H3,(H2,40,54)(H,47,63)(H,48,62)(H,49,64)(H,50,65)(H,51,67)(H,52,66)(H,53,61)(H,55,56)(H,57,58)(H,59,60)(H,68,69)(H4,41,42,45)(H4,43,44,46)/t17-,18-,19-,20-,21-,22-,23-,24-/m0/s1. The van der Waals surface area contributed by atoms with Gasteiger partial charge in [-0.3, -0.25) is 62.7 Å². The molecule has 8 amide bonds. The van der Waals surface area contributed by atoms with Gasteiger partial charge in [0.05, 0.1) is 18.9 Å². The van der Waals surface area contributed by atoms with Crippen LogP contribution in [-0.2, 0) is 57.5 Å². The Balaban J connectivity index is 6.82. The third-order valence-electron chi connectivity index (χ3n) is 9.47. The molecule has 0 aromatic heterocycles. The first-order chi connectivity index (χ1) is 32.7. The van der Waals surface area contributed by atoms with Gasteiger partial charge in [0, 0.05) is 25.9 Å². The second-order valence-corrected chi connectivity index (χ2v) is 16.3. The second kappa shape index (κ2) is 33.1. The monoisotopic (exact) mass is 1020 g/mol. The first kappa shape index (κ1) is 62.5. The molecule has 0 saturated heterocycles. The van der Waals surface area contributed by atoms with Crippen molar-refractivity contribution < 1.29 is 78.0 Å². The number of thioether (sulfide) groups is 1. The maximum Gasteiger partial charge on any atom is 0.326 e. The third kappa shape index (κ3) is 27.3. The molecule has 0 heterocycles. The number of hydrogen-bond acceptors (Lipinski definition) is 16. The largest absolute Gasteiger partial charge is 0.481 e. The van der Waals surface area contributed by atoms with Gasteiger partial charge < -0.3 is 92.0 Å². The molecule has 23 N–H and O–H groups in total. The van der Waals surface area contributed by atoms with E-state index in [9.17, 15) is 67.7 Å². The number of carboxylic acid groups (broad SMARTS) is 4. The van der Waals surface area contributed by atoms with Crippen molar-refractivity contribution in [2.75, 3.05) is 25.1 Å². The van der Waals surface area contributed by atoms with Crippen LogP contribution in [-0.4, -0.2) is 177 Å². The quantitative estimate of drug-likeness (QED) is 0.0157. The Kier molecular flexibility index (Phi) is 29.5. The molecule has 31 nitrogen and oxygen atoms in total. The zero-order chi connectivity index (χ0) is 53.7. The van der Waals surface area contributed by atoms with Crippen molar-refractivity contribution >= 4 is 94.8 Å². The van der Waals surface area contributed by atoms with E-state index in [0.29, 0.717) is 0 Å². The van der Waals surface area contributed by atoms with Gasteiger partial charge in [0.25, 0.3) is 0 Å². The topological polar surface area (TPSA) is 551 Å². The number of aliphatic imine (C=N–C) groups is 2. The van der Waals surface area contributed by atoms with E-state index >= 15 is 0 Å². The van der Waals surface area contributed by atoms with Gasteiger partial charge in [-0.1, -0.05) is 0 Å². The smallest absolute Gasteiger partial charge is 0.326 e. The number of guanidine groups is 2. The van der Waals surface area contributed by atoms with Crippen molar-refractivity contribution in [1.29, 1.82) is 0 Å². The third-order valence-corrected chi connectivity index (χ3v) is 10.1. The van der Waals surface area contributed by atoms with Crippen LogP contribution in [0.4, 0.5) is 0 Å². The summed E-state index contributed by atoms with van der Waals surface area (Å²) >= 11 is 1.24. The summed E-state index contributed by atoms with van der Waals surface area (Å²) in [5.41, 5.74) is 32.6. The summed E-state index contributed by atoms with van der Waals surface area (Å²) in [6.07, 6.45) is -2.82. The lowest BCUT2D eigenvalue weighted by Crippen LogP contribution is -2.60. The van der Waals surface area contributed by atoms with Crippen molar-refractivity contribution in [3.63, 3.8) is 0 Å². The Hall–Kier alpha value is -7.51. The Morgan fingerprint density at radius 2 is 0.843 bits per heavy atom. The molecule has 0 aliphatic carbocycles. The van der Waals surface area contributed by atoms with E-state index in [1.807, 2.05) is 5.32 Å². The summed E-state index contributed by atoms with van der Waals surface area (Å²) in [7, 11) is 0. The number of hydrogen-bond donors (Lipinski definition) is 17. The molecule has 394 valence electrons. The highest BCUT2D eigenvalue weighted by atomic mass is 32.2. The second-order valence-electron chi connectivity index (χ2n) is 15.4. The molecule has 0 bridgehead atoms. The van der Waals surface area contributed by atoms with Crippen LogP contribution in [0.25, 0.3) is 0 Å².